The minimum atomic E-state index is -0.390. The predicted molar refractivity (Wildman–Crippen MR) is 273 cm³/mol. The van der Waals surface area contributed by atoms with Crippen molar-refractivity contribution in [3.8, 4) is 57.5 Å². The second-order valence-corrected chi connectivity index (χ2v) is 18.6. The minimum Gasteiger partial charge on any atom is -0.493 e. The van der Waals surface area contributed by atoms with Crippen molar-refractivity contribution in [1.82, 2.24) is 0 Å². The SMILES string of the molecule is COc1cc2c(cc1OC)[C@@H](c1cc(OC)c(OC)c(OC)c1)[N+](C)(CCCOC(=O)/C=C/CCCCC(=O)OCCC[N+]1(C)CCc3cc(OC)c(OC)cc3[C@H]1c1cc(OC)c(OC)c(OC)c1)CC2. The monoisotopic (exact) mass is 1000 g/mol. The summed E-state index contributed by atoms with van der Waals surface area (Å²) in [5, 5.41) is 0. The van der Waals surface area contributed by atoms with Crippen LogP contribution in [0, 0.1) is 0 Å². The summed E-state index contributed by atoms with van der Waals surface area (Å²) < 4.78 is 69.9. The number of ether oxygens (including phenoxy) is 12. The number of allylic oxidation sites excluding steroid dienone is 1. The molecule has 4 aromatic carbocycles. The number of likely N-dealkylation sites (N-methyl/N-ethyl adjacent to an activating group) is 2. The number of carbonyl (C=O) groups is 2. The molecule has 392 valence electrons. The Bertz CT molecular complexity index is 2480. The number of hydrogen-bond donors (Lipinski definition) is 0. The van der Waals surface area contributed by atoms with Crippen LogP contribution in [-0.2, 0) is 31.9 Å². The number of methoxy groups -OCH3 is 10. The van der Waals surface area contributed by atoms with E-state index < -0.39 is 0 Å². The van der Waals surface area contributed by atoms with E-state index in [0.29, 0.717) is 105 Å². The van der Waals surface area contributed by atoms with Crippen molar-refractivity contribution in [1.29, 1.82) is 0 Å². The van der Waals surface area contributed by atoms with Crippen molar-refractivity contribution in [2.75, 3.05) is 125 Å². The van der Waals surface area contributed by atoms with Crippen LogP contribution >= 0.6 is 0 Å². The lowest BCUT2D eigenvalue weighted by atomic mass is 9.85. The maximum absolute atomic E-state index is 12.9. The Balaban J connectivity index is 0.982. The average Bonchev–Trinajstić information content (AvgIpc) is 3.40. The second kappa shape index (κ2) is 25.2. The Morgan fingerprint density at radius 3 is 1.26 bits per heavy atom. The number of hydrogen-bond acceptors (Lipinski definition) is 14. The summed E-state index contributed by atoms with van der Waals surface area (Å²) in [6.45, 7) is 3.74. The van der Waals surface area contributed by atoms with Gasteiger partial charge in [0.15, 0.2) is 46.0 Å². The molecule has 0 saturated heterocycles. The predicted octanol–water partition coefficient (Wildman–Crippen LogP) is 8.64. The van der Waals surface area contributed by atoms with E-state index in [4.69, 9.17) is 56.8 Å². The number of rotatable bonds is 26. The molecule has 2 heterocycles. The fraction of sp³-hybridized carbons (Fsp3) is 0.500. The van der Waals surface area contributed by atoms with Crippen LogP contribution in [0.5, 0.6) is 57.5 Å². The summed E-state index contributed by atoms with van der Waals surface area (Å²) in [5.74, 6) is 5.40. The molecule has 0 saturated carbocycles. The molecule has 0 spiro atoms. The Morgan fingerprint density at radius 2 is 0.875 bits per heavy atom. The first kappa shape index (κ1) is 54.8. The topological polar surface area (TPSA) is 145 Å². The largest absolute Gasteiger partial charge is 0.493 e. The quantitative estimate of drug-likeness (QED) is 0.0256. The van der Waals surface area contributed by atoms with Crippen molar-refractivity contribution in [3.05, 3.63) is 94.1 Å². The molecule has 72 heavy (non-hydrogen) atoms. The highest BCUT2D eigenvalue weighted by molar-refractivity contribution is 5.81. The molecule has 0 aliphatic carbocycles. The van der Waals surface area contributed by atoms with Gasteiger partial charge in [-0.25, -0.2) is 4.79 Å². The van der Waals surface area contributed by atoms with Crippen molar-refractivity contribution < 1.29 is 75.4 Å². The van der Waals surface area contributed by atoms with Gasteiger partial charge < -0.3 is 65.8 Å². The molecule has 0 amide bonds. The van der Waals surface area contributed by atoms with Crippen molar-refractivity contribution >= 4 is 11.9 Å². The molecular formula is C56H76N2O14+2. The van der Waals surface area contributed by atoms with E-state index in [1.165, 1.54) is 17.2 Å². The molecule has 4 aromatic rings. The zero-order valence-corrected chi connectivity index (χ0v) is 44.4. The van der Waals surface area contributed by atoms with Crippen LogP contribution in [0.2, 0.25) is 0 Å². The van der Waals surface area contributed by atoms with Gasteiger partial charge in [0.2, 0.25) is 11.5 Å². The summed E-state index contributed by atoms with van der Waals surface area (Å²) in [6.07, 6.45) is 8.57. The molecule has 2 aliphatic heterocycles. The van der Waals surface area contributed by atoms with E-state index in [9.17, 15) is 9.59 Å². The molecular weight excluding hydrogens is 925 g/mol. The van der Waals surface area contributed by atoms with Crippen LogP contribution in [0.1, 0.15) is 84.0 Å². The third-order valence-electron chi connectivity index (χ3n) is 14.3. The van der Waals surface area contributed by atoms with Gasteiger partial charge in [-0.15, -0.1) is 0 Å². The maximum atomic E-state index is 12.9. The van der Waals surface area contributed by atoms with Gasteiger partial charge in [-0.3, -0.25) is 4.79 Å². The van der Waals surface area contributed by atoms with Gasteiger partial charge in [0.05, 0.1) is 125 Å². The van der Waals surface area contributed by atoms with Gasteiger partial charge in [0.25, 0.3) is 0 Å². The number of benzene rings is 4. The smallest absolute Gasteiger partial charge is 0.330 e. The van der Waals surface area contributed by atoms with Crippen molar-refractivity contribution in [3.63, 3.8) is 0 Å². The third-order valence-corrected chi connectivity index (χ3v) is 14.3. The standard InChI is InChI=1S/C56H76N2O14/c1-57(25-21-37-29-43(61-3)45(63-5)35-41(37)53(57)39-31-47(65-7)55(69-11)48(32-39)66-8)23-17-27-71-51(59)19-15-13-14-16-20-52(60)72-28-18-24-58(2)26-22-38-30-44(62-4)46(64-6)36-42(38)54(58)40-33-49(67-9)56(70-12)50(34-40)68-10/h15,19,29-36,53-54H,13-14,16-18,20-28H2,1-12H3/q+2/b19-15+/t53-,54-,57?,58?/m1/s1. The molecule has 0 bridgehead atoms. The Labute approximate surface area is 425 Å². The van der Waals surface area contributed by atoms with Gasteiger partial charge in [-0.05, 0) is 78.9 Å². The highest BCUT2D eigenvalue weighted by atomic mass is 16.6. The van der Waals surface area contributed by atoms with E-state index in [1.54, 1.807) is 71.1 Å². The Hall–Kier alpha value is -6.52. The molecule has 0 fully saturated rings. The van der Waals surface area contributed by atoms with Crippen molar-refractivity contribution in [2.24, 2.45) is 0 Å². The molecule has 4 atom stereocenters. The average molecular weight is 1000 g/mol. The number of nitrogens with zero attached hydrogens (tertiary/aromatic N) is 2. The normalized spacial score (nSPS) is 19.1. The lowest BCUT2D eigenvalue weighted by Gasteiger charge is -2.46. The van der Waals surface area contributed by atoms with E-state index in [1.807, 2.05) is 30.3 Å². The molecule has 6 rings (SSSR count). The van der Waals surface area contributed by atoms with Gasteiger partial charge in [-0.1, -0.05) is 6.08 Å². The van der Waals surface area contributed by atoms with E-state index >= 15 is 0 Å². The van der Waals surface area contributed by atoms with E-state index in [-0.39, 0.29) is 30.6 Å². The van der Waals surface area contributed by atoms with Crippen LogP contribution in [0.25, 0.3) is 0 Å². The second-order valence-electron chi connectivity index (χ2n) is 18.6. The fourth-order valence-electron chi connectivity index (χ4n) is 10.6. The molecule has 0 radical (unpaired) electrons. The fourth-order valence-corrected chi connectivity index (χ4v) is 10.6. The highest BCUT2D eigenvalue weighted by Crippen LogP contribution is 2.50. The van der Waals surface area contributed by atoms with Crippen molar-refractivity contribution in [2.45, 2.75) is 63.5 Å². The highest BCUT2D eigenvalue weighted by Gasteiger charge is 2.43. The first-order valence-corrected chi connectivity index (χ1v) is 24.6. The zero-order valence-electron chi connectivity index (χ0n) is 44.4. The van der Waals surface area contributed by atoms with E-state index in [2.05, 4.69) is 38.4 Å². The van der Waals surface area contributed by atoms with Crippen LogP contribution < -0.4 is 47.4 Å². The molecule has 2 unspecified atom stereocenters. The summed E-state index contributed by atoms with van der Waals surface area (Å²) in [6, 6.07) is 16.1. The molecule has 0 aromatic heterocycles. The Morgan fingerprint density at radius 1 is 0.486 bits per heavy atom. The summed E-state index contributed by atoms with van der Waals surface area (Å²) >= 11 is 0. The zero-order chi connectivity index (χ0) is 52.0. The third kappa shape index (κ3) is 12.2. The Kier molecular flexibility index (Phi) is 19.2. The molecule has 0 N–H and O–H groups in total. The number of unbranched alkanes of at least 4 members (excludes halogenated alkanes) is 2. The molecule has 2 aliphatic rings. The maximum Gasteiger partial charge on any atom is 0.330 e. The lowest BCUT2D eigenvalue weighted by Crippen LogP contribution is -2.52. The van der Waals surface area contributed by atoms with E-state index in [0.717, 1.165) is 67.7 Å². The summed E-state index contributed by atoms with van der Waals surface area (Å²) in [5.41, 5.74) is 6.59. The number of carbonyl (C=O) groups excluding carboxylic acids is 2. The first-order valence-electron chi connectivity index (χ1n) is 24.6. The number of fused-ring (bicyclic) bond motifs is 2. The summed E-state index contributed by atoms with van der Waals surface area (Å²) in [7, 11) is 20.7. The van der Waals surface area contributed by atoms with Crippen LogP contribution in [0.15, 0.2) is 60.7 Å². The van der Waals surface area contributed by atoms with Gasteiger partial charge in [0.1, 0.15) is 12.1 Å². The number of quaternary nitrogens is 2. The van der Waals surface area contributed by atoms with Gasteiger partial charge in [0, 0.05) is 60.4 Å². The van der Waals surface area contributed by atoms with Gasteiger partial charge >= 0.3 is 11.9 Å². The summed E-state index contributed by atoms with van der Waals surface area (Å²) in [4.78, 5) is 25.7. The number of esters is 2. The van der Waals surface area contributed by atoms with Crippen LogP contribution in [0.4, 0.5) is 0 Å². The van der Waals surface area contributed by atoms with Crippen LogP contribution in [-0.4, -0.2) is 145 Å². The molecule has 16 nitrogen and oxygen atoms in total. The van der Waals surface area contributed by atoms with Gasteiger partial charge in [-0.2, -0.15) is 0 Å². The minimum absolute atomic E-state index is 0.114. The first-order chi connectivity index (χ1) is 34.8. The van der Waals surface area contributed by atoms with Crippen LogP contribution in [0.3, 0.4) is 0 Å². The lowest BCUT2D eigenvalue weighted by molar-refractivity contribution is -0.935. The molecule has 16 heteroatoms.